The van der Waals surface area contributed by atoms with Gasteiger partial charge in [0.2, 0.25) is 5.91 Å². The van der Waals surface area contributed by atoms with Crippen LogP contribution in [0.15, 0.2) is 30.3 Å². The zero-order chi connectivity index (χ0) is 12.7. The van der Waals surface area contributed by atoms with Gasteiger partial charge in [0.25, 0.3) is 0 Å². The van der Waals surface area contributed by atoms with Crippen LogP contribution < -0.4 is 11.1 Å². The third-order valence-corrected chi connectivity index (χ3v) is 2.50. The molecule has 0 aliphatic carbocycles. The predicted molar refractivity (Wildman–Crippen MR) is 67.3 cm³/mol. The van der Waals surface area contributed by atoms with Crippen LogP contribution in [0.4, 0.5) is 0 Å². The summed E-state index contributed by atoms with van der Waals surface area (Å²) in [6.45, 7) is 2.11. The number of hydrogen-bond acceptors (Lipinski definition) is 3. The highest BCUT2D eigenvalue weighted by Gasteiger charge is 2.09. The number of hydrogen-bond donors (Lipinski definition) is 3. The Bertz CT molecular complexity index is 339. The Balaban J connectivity index is 2.29. The first-order valence-electron chi connectivity index (χ1n) is 5.85. The number of benzene rings is 1. The Labute approximate surface area is 102 Å². The van der Waals surface area contributed by atoms with Crippen LogP contribution in [0.5, 0.6) is 0 Å². The minimum Gasteiger partial charge on any atom is -0.387 e. The summed E-state index contributed by atoms with van der Waals surface area (Å²) in [5.74, 6) is -0.0720. The Morgan fingerprint density at radius 1 is 1.41 bits per heavy atom. The topological polar surface area (TPSA) is 75.4 Å². The normalized spacial score (nSPS) is 14.1. The van der Waals surface area contributed by atoms with Crippen molar-refractivity contribution in [3.8, 4) is 0 Å². The average molecular weight is 236 g/mol. The molecule has 94 valence electrons. The quantitative estimate of drug-likeness (QED) is 0.688. The Kier molecular flexibility index (Phi) is 5.66. The van der Waals surface area contributed by atoms with Gasteiger partial charge in [0, 0.05) is 19.0 Å². The zero-order valence-electron chi connectivity index (χ0n) is 10.1. The van der Waals surface area contributed by atoms with E-state index < -0.39 is 6.10 Å². The molecular weight excluding hydrogens is 216 g/mol. The van der Waals surface area contributed by atoms with E-state index in [1.165, 1.54) is 0 Å². The van der Waals surface area contributed by atoms with Gasteiger partial charge in [0.1, 0.15) is 0 Å². The third-order valence-electron chi connectivity index (χ3n) is 2.50. The fourth-order valence-corrected chi connectivity index (χ4v) is 1.45. The molecule has 0 aromatic heterocycles. The lowest BCUT2D eigenvalue weighted by molar-refractivity contribution is -0.121. The van der Waals surface area contributed by atoms with E-state index in [0.717, 1.165) is 5.56 Å². The van der Waals surface area contributed by atoms with Gasteiger partial charge >= 0.3 is 0 Å². The molecule has 0 spiro atoms. The van der Waals surface area contributed by atoms with Gasteiger partial charge in [0.05, 0.1) is 6.10 Å². The summed E-state index contributed by atoms with van der Waals surface area (Å²) in [6, 6.07) is 9.29. The maximum Gasteiger partial charge on any atom is 0.220 e. The van der Waals surface area contributed by atoms with Gasteiger partial charge in [-0.15, -0.1) is 0 Å². The number of amides is 1. The van der Waals surface area contributed by atoms with Crippen LogP contribution in [-0.2, 0) is 4.79 Å². The van der Waals surface area contributed by atoms with Crippen LogP contribution in [0, 0.1) is 0 Å². The lowest BCUT2D eigenvalue weighted by atomic mass is 10.1. The van der Waals surface area contributed by atoms with Crippen molar-refractivity contribution in [1.29, 1.82) is 0 Å². The Morgan fingerprint density at radius 3 is 2.65 bits per heavy atom. The number of carbonyl (C=O) groups excluding carboxylic acids is 1. The van der Waals surface area contributed by atoms with Crippen molar-refractivity contribution in [2.45, 2.75) is 31.9 Å². The zero-order valence-corrected chi connectivity index (χ0v) is 10.1. The highest BCUT2D eigenvalue weighted by molar-refractivity contribution is 5.75. The highest BCUT2D eigenvalue weighted by atomic mass is 16.3. The second-order valence-electron chi connectivity index (χ2n) is 4.25. The second-order valence-corrected chi connectivity index (χ2v) is 4.25. The van der Waals surface area contributed by atoms with Crippen molar-refractivity contribution in [3.63, 3.8) is 0 Å². The molecule has 0 saturated carbocycles. The summed E-state index contributed by atoms with van der Waals surface area (Å²) in [5, 5.41) is 12.5. The van der Waals surface area contributed by atoms with Crippen LogP contribution >= 0.6 is 0 Å². The lowest BCUT2D eigenvalue weighted by Crippen LogP contribution is -2.29. The number of aliphatic hydroxyl groups is 1. The predicted octanol–water partition coefficient (Wildman–Crippen LogP) is 0.964. The molecule has 4 heteroatoms. The van der Waals surface area contributed by atoms with Crippen molar-refractivity contribution in [2.75, 3.05) is 6.54 Å². The Morgan fingerprint density at radius 2 is 2.06 bits per heavy atom. The van der Waals surface area contributed by atoms with Crippen LogP contribution in [0.2, 0.25) is 0 Å². The fourth-order valence-electron chi connectivity index (χ4n) is 1.45. The molecule has 1 aromatic carbocycles. The monoisotopic (exact) mass is 236 g/mol. The first-order chi connectivity index (χ1) is 8.09. The Hall–Kier alpha value is -1.39. The van der Waals surface area contributed by atoms with E-state index in [1.807, 2.05) is 37.3 Å². The van der Waals surface area contributed by atoms with E-state index in [-0.39, 0.29) is 18.5 Å². The number of carbonyl (C=O) groups is 1. The highest BCUT2D eigenvalue weighted by Crippen LogP contribution is 2.10. The minimum atomic E-state index is -0.657. The molecular formula is C13H20N2O2. The van der Waals surface area contributed by atoms with E-state index in [0.29, 0.717) is 12.8 Å². The van der Waals surface area contributed by atoms with Gasteiger partial charge in [-0.1, -0.05) is 30.3 Å². The van der Waals surface area contributed by atoms with Gasteiger partial charge in [0.15, 0.2) is 0 Å². The molecule has 4 nitrogen and oxygen atoms in total. The molecule has 2 atom stereocenters. The van der Waals surface area contributed by atoms with Crippen LogP contribution in [0.1, 0.15) is 31.4 Å². The average Bonchev–Trinajstić information content (AvgIpc) is 2.34. The summed E-state index contributed by atoms with van der Waals surface area (Å²) < 4.78 is 0. The maximum absolute atomic E-state index is 11.4. The summed E-state index contributed by atoms with van der Waals surface area (Å²) in [4.78, 5) is 11.4. The van der Waals surface area contributed by atoms with Gasteiger partial charge in [-0.2, -0.15) is 0 Å². The molecule has 0 radical (unpaired) electrons. The molecule has 0 saturated heterocycles. The van der Waals surface area contributed by atoms with Gasteiger partial charge < -0.3 is 16.2 Å². The fraction of sp³-hybridized carbons (Fsp3) is 0.462. The molecule has 0 aliphatic rings. The molecule has 0 aliphatic heterocycles. The van der Waals surface area contributed by atoms with E-state index >= 15 is 0 Å². The van der Waals surface area contributed by atoms with Crippen molar-refractivity contribution >= 4 is 5.91 Å². The molecule has 0 heterocycles. The van der Waals surface area contributed by atoms with Crippen LogP contribution in [0.3, 0.4) is 0 Å². The number of rotatable bonds is 6. The van der Waals surface area contributed by atoms with Gasteiger partial charge in [-0.25, -0.2) is 0 Å². The first kappa shape index (κ1) is 13.7. The largest absolute Gasteiger partial charge is 0.387 e. The lowest BCUT2D eigenvalue weighted by Gasteiger charge is -2.12. The first-order valence-corrected chi connectivity index (χ1v) is 5.85. The molecule has 4 N–H and O–H groups in total. The molecule has 1 rings (SSSR count). The van der Waals surface area contributed by atoms with Crippen molar-refractivity contribution in [3.05, 3.63) is 35.9 Å². The van der Waals surface area contributed by atoms with Crippen molar-refractivity contribution in [2.24, 2.45) is 5.73 Å². The van der Waals surface area contributed by atoms with E-state index in [9.17, 15) is 9.90 Å². The minimum absolute atomic E-state index is 0.0276. The SMILES string of the molecule is CC(N)CCC(=O)NCC(O)c1ccccc1. The van der Waals surface area contributed by atoms with Crippen molar-refractivity contribution in [1.82, 2.24) is 5.32 Å². The van der Waals surface area contributed by atoms with E-state index in [2.05, 4.69) is 5.32 Å². The maximum atomic E-state index is 11.4. The standard InChI is InChI=1S/C13H20N2O2/c1-10(14)7-8-13(17)15-9-12(16)11-5-3-2-4-6-11/h2-6,10,12,16H,7-9,14H2,1H3,(H,15,17). The van der Waals surface area contributed by atoms with Crippen LogP contribution in [-0.4, -0.2) is 23.6 Å². The summed E-state index contributed by atoms with van der Waals surface area (Å²) >= 11 is 0. The summed E-state index contributed by atoms with van der Waals surface area (Å²) in [6.07, 6.45) is 0.405. The third kappa shape index (κ3) is 5.47. The van der Waals surface area contributed by atoms with Gasteiger partial charge in [-0.3, -0.25) is 4.79 Å². The molecule has 2 unspecified atom stereocenters. The molecule has 1 aromatic rings. The molecule has 0 bridgehead atoms. The molecule has 1 amide bonds. The van der Waals surface area contributed by atoms with E-state index in [4.69, 9.17) is 5.73 Å². The number of nitrogens with one attached hydrogen (secondary N) is 1. The number of aliphatic hydroxyl groups excluding tert-OH is 1. The van der Waals surface area contributed by atoms with Crippen LogP contribution in [0.25, 0.3) is 0 Å². The molecule has 17 heavy (non-hydrogen) atoms. The van der Waals surface area contributed by atoms with E-state index in [1.54, 1.807) is 0 Å². The van der Waals surface area contributed by atoms with Crippen molar-refractivity contribution < 1.29 is 9.90 Å². The molecule has 0 fully saturated rings. The smallest absolute Gasteiger partial charge is 0.220 e. The summed E-state index contributed by atoms with van der Waals surface area (Å²) in [5.41, 5.74) is 6.36. The summed E-state index contributed by atoms with van der Waals surface area (Å²) in [7, 11) is 0. The second kappa shape index (κ2) is 7.04. The number of nitrogens with two attached hydrogens (primary N) is 1. The van der Waals surface area contributed by atoms with Gasteiger partial charge in [-0.05, 0) is 18.9 Å².